The summed E-state index contributed by atoms with van der Waals surface area (Å²) < 4.78 is 5.97. The number of carbonyl (C=O) groups is 2. The number of aromatic nitrogens is 1. The summed E-state index contributed by atoms with van der Waals surface area (Å²) in [6.07, 6.45) is 3.72. The maximum atomic E-state index is 13.1. The number of aryl methyl sites for hydroxylation is 2. The van der Waals surface area contributed by atoms with E-state index in [1.54, 1.807) is 16.8 Å². The number of carbonyl (C=O) groups excluding carboxylic acids is 2. The van der Waals surface area contributed by atoms with E-state index in [-0.39, 0.29) is 24.2 Å². The van der Waals surface area contributed by atoms with Gasteiger partial charge >= 0.3 is 0 Å². The Bertz CT molecular complexity index is 1320. The van der Waals surface area contributed by atoms with Gasteiger partial charge in [0, 0.05) is 45.8 Å². The van der Waals surface area contributed by atoms with Crippen LogP contribution in [0.3, 0.4) is 0 Å². The van der Waals surface area contributed by atoms with Crippen molar-refractivity contribution in [2.75, 3.05) is 49.6 Å². The molecule has 2 amide bonds. The Hall–Kier alpha value is -3.43. The van der Waals surface area contributed by atoms with Crippen LogP contribution >= 0.6 is 11.6 Å². The number of piperazine rings is 1. The van der Waals surface area contributed by atoms with Crippen molar-refractivity contribution in [2.45, 2.75) is 65.7 Å². The minimum absolute atomic E-state index is 0.00705. The fourth-order valence-electron chi connectivity index (χ4n) is 6.13. The van der Waals surface area contributed by atoms with Crippen LogP contribution in [0.25, 0.3) is 0 Å². The van der Waals surface area contributed by atoms with Crippen LogP contribution in [-0.4, -0.2) is 91.0 Å². The average Bonchev–Trinajstić information content (AvgIpc) is 2.98. The predicted octanol–water partition coefficient (Wildman–Crippen LogP) is 4.86. The maximum absolute atomic E-state index is 13.1. The van der Waals surface area contributed by atoms with Crippen LogP contribution in [0.1, 0.15) is 51.3 Å². The van der Waals surface area contributed by atoms with Gasteiger partial charge in [-0.2, -0.15) is 0 Å². The number of halogens is 1. The van der Waals surface area contributed by atoms with Crippen molar-refractivity contribution in [3.63, 3.8) is 0 Å². The summed E-state index contributed by atoms with van der Waals surface area (Å²) >= 11 is 7.01. The van der Waals surface area contributed by atoms with E-state index in [1.807, 2.05) is 26.0 Å². The first-order valence-electron chi connectivity index (χ1n) is 14.8. The highest BCUT2D eigenvalue weighted by Gasteiger charge is 2.33. The van der Waals surface area contributed by atoms with E-state index < -0.39 is 0 Å². The summed E-state index contributed by atoms with van der Waals surface area (Å²) in [7, 11) is 1.74. The van der Waals surface area contributed by atoms with E-state index in [2.05, 4.69) is 49.3 Å². The minimum atomic E-state index is -0.0874. The summed E-state index contributed by atoms with van der Waals surface area (Å²) in [4.78, 5) is 43.1. The molecular formula is C32H43ClN6O3. The molecule has 0 bridgehead atoms. The number of nitrogens with zero attached hydrogens (tertiary/aromatic N) is 6. The number of para-hydroxylation sites is 1. The van der Waals surface area contributed by atoms with Gasteiger partial charge in [-0.1, -0.05) is 50.2 Å². The third kappa shape index (κ3) is 6.32. The van der Waals surface area contributed by atoms with Gasteiger partial charge < -0.3 is 19.4 Å². The number of hydrogen-bond acceptors (Lipinski definition) is 6. The Morgan fingerprint density at radius 2 is 1.79 bits per heavy atom. The number of pyridine rings is 1. The van der Waals surface area contributed by atoms with Crippen molar-refractivity contribution >= 4 is 47.1 Å². The number of amidine groups is 1. The van der Waals surface area contributed by atoms with E-state index in [0.717, 1.165) is 36.1 Å². The molecular weight excluding hydrogens is 552 g/mol. The number of hydrogen-bond donors (Lipinski definition) is 0. The third-order valence-electron chi connectivity index (χ3n) is 8.03. The van der Waals surface area contributed by atoms with E-state index in [0.29, 0.717) is 60.8 Å². The lowest BCUT2D eigenvalue weighted by atomic mass is 10.0. The van der Waals surface area contributed by atoms with Gasteiger partial charge in [0.1, 0.15) is 11.7 Å². The number of aliphatic imine (C=N–C) groups is 1. The van der Waals surface area contributed by atoms with Crippen LogP contribution in [0.2, 0.25) is 5.02 Å². The lowest BCUT2D eigenvalue weighted by molar-refractivity contribution is -0.128. The van der Waals surface area contributed by atoms with Crippen LogP contribution in [0.5, 0.6) is 0 Å². The molecule has 3 atom stereocenters. The highest BCUT2D eigenvalue weighted by atomic mass is 35.5. The molecule has 226 valence electrons. The molecule has 9 nitrogen and oxygen atoms in total. The van der Waals surface area contributed by atoms with Gasteiger partial charge in [0.25, 0.3) is 0 Å². The quantitative estimate of drug-likeness (QED) is 0.188. The van der Waals surface area contributed by atoms with Crippen molar-refractivity contribution in [1.29, 1.82) is 0 Å². The van der Waals surface area contributed by atoms with Crippen LogP contribution in [0, 0.1) is 0 Å². The molecule has 4 rings (SSSR count). The number of rotatable bonds is 8. The zero-order valence-corrected chi connectivity index (χ0v) is 26.4. The maximum Gasteiger partial charge on any atom is 0.246 e. The monoisotopic (exact) mass is 594 g/mol. The summed E-state index contributed by atoms with van der Waals surface area (Å²) in [5.74, 6) is 1.67. The molecule has 1 aromatic carbocycles. The number of amides is 2. The molecule has 2 fully saturated rings. The normalized spacial score (nSPS) is 21.4. The molecule has 0 N–H and O–H groups in total. The first-order chi connectivity index (χ1) is 20.2. The zero-order chi connectivity index (χ0) is 30.6. The largest absolute Gasteiger partial charge is 0.372 e. The second-order valence-electron chi connectivity index (χ2n) is 11.0. The van der Waals surface area contributed by atoms with Gasteiger partial charge in [0.2, 0.25) is 12.3 Å². The summed E-state index contributed by atoms with van der Waals surface area (Å²) in [5.41, 5.74) is 3.61. The van der Waals surface area contributed by atoms with Gasteiger partial charge in [0.05, 0.1) is 28.5 Å². The van der Waals surface area contributed by atoms with E-state index in [9.17, 15) is 9.59 Å². The van der Waals surface area contributed by atoms with Crippen LogP contribution in [0.15, 0.2) is 41.9 Å². The highest BCUT2D eigenvalue weighted by Crippen LogP contribution is 2.38. The molecule has 0 aliphatic carbocycles. The van der Waals surface area contributed by atoms with Crippen molar-refractivity contribution in [3.05, 3.63) is 58.6 Å². The molecule has 2 aliphatic rings. The second-order valence-corrected chi connectivity index (χ2v) is 11.4. The molecule has 42 heavy (non-hydrogen) atoms. The molecule has 3 unspecified atom stereocenters. The third-order valence-corrected chi connectivity index (χ3v) is 8.31. The molecule has 0 saturated carbocycles. The molecule has 2 aliphatic heterocycles. The number of ether oxygens (including phenoxy) is 1. The predicted molar refractivity (Wildman–Crippen MR) is 170 cm³/mol. The van der Waals surface area contributed by atoms with Crippen molar-refractivity contribution in [1.82, 2.24) is 14.8 Å². The summed E-state index contributed by atoms with van der Waals surface area (Å²) in [6.45, 7) is 16.8. The fourth-order valence-corrected chi connectivity index (χ4v) is 6.40. The van der Waals surface area contributed by atoms with Gasteiger partial charge in [-0.15, -0.1) is 0 Å². The first kappa shape index (κ1) is 31.5. The van der Waals surface area contributed by atoms with Gasteiger partial charge in [0.15, 0.2) is 5.82 Å². The second kappa shape index (κ2) is 13.7. The minimum Gasteiger partial charge on any atom is -0.372 e. The van der Waals surface area contributed by atoms with E-state index in [4.69, 9.17) is 26.3 Å². The molecule has 1 aromatic heterocycles. The van der Waals surface area contributed by atoms with E-state index >= 15 is 0 Å². The Labute approximate surface area is 254 Å². The molecule has 0 radical (unpaired) electrons. The Balaban J connectivity index is 1.90. The van der Waals surface area contributed by atoms with Crippen molar-refractivity contribution in [2.24, 2.45) is 4.99 Å². The SMILES string of the molecule is C=CC(=O)N1CCN(/C(=N/C)c2cc(Cl)c(N3CC(C)OC(C)C3)nc2N(C=O)c2c(CC)cccc2CC)C(C)C1. The van der Waals surface area contributed by atoms with Gasteiger partial charge in [-0.25, -0.2) is 4.98 Å². The van der Waals surface area contributed by atoms with Crippen LogP contribution in [-0.2, 0) is 27.2 Å². The fraction of sp³-hybridized carbons (Fsp3) is 0.500. The Morgan fingerprint density at radius 1 is 1.14 bits per heavy atom. The number of anilines is 3. The Morgan fingerprint density at radius 3 is 2.31 bits per heavy atom. The molecule has 0 spiro atoms. The Kier molecular flexibility index (Phi) is 10.3. The number of benzene rings is 1. The van der Waals surface area contributed by atoms with Gasteiger partial charge in [-0.3, -0.25) is 19.5 Å². The molecule has 10 heteroatoms. The van der Waals surface area contributed by atoms with Crippen LogP contribution < -0.4 is 9.80 Å². The molecule has 2 saturated heterocycles. The summed E-state index contributed by atoms with van der Waals surface area (Å²) in [6, 6.07) is 8.00. The standard InChI is InChI=1S/C32H43ClN6O3/c1-8-24-12-11-13-25(9-2)29(24)39(20-40)31-26(16-27(33)32(35-31)37-18-22(5)42-23(6)19-37)30(34-7)38-15-14-36(17-21(38)4)28(41)10-3/h10-13,16,20-23H,3,8-9,14-15,17-19H2,1-2,4-7H3/b34-30+. The van der Waals surface area contributed by atoms with Crippen LogP contribution in [0.4, 0.5) is 17.3 Å². The van der Waals surface area contributed by atoms with Crippen molar-refractivity contribution in [3.8, 4) is 0 Å². The smallest absolute Gasteiger partial charge is 0.246 e. The lowest BCUT2D eigenvalue weighted by Gasteiger charge is -2.42. The highest BCUT2D eigenvalue weighted by molar-refractivity contribution is 6.33. The first-order valence-corrected chi connectivity index (χ1v) is 15.2. The molecule has 3 heterocycles. The molecule has 2 aromatic rings. The van der Waals surface area contributed by atoms with Crippen molar-refractivity contribution < 1.29 is 14.3 Å². The van der Waals surface area contributed by atoms with E-state index in [1.165, 1.54) is 6.08 Å². The lowest BCUT2D eigenvalue weighted by Crippen LogP contribution is -2.55. The summed E-state index contributed by atoms with van der Waals surface area (Å²) in [5, 5.41) is 0.481. The van der Waals surface area contributed by atoms with Gasteiger partial charge in [-0.05, 0) is 56.9 Å². The number of morpholine rings is 1. The average molecular weight is 595 g/mol. The topological polar surface area (TPSA) is 81.6 Å². The zero-order valence-electron chi connectivity index (χ0n) is 25.6.